The van der Waals surface area contributed by atoms with Gasteiger partial charge in [-0.2, -0.15) is 15.5 Å². The number of benzene rings is 3. The summed E-state index contributed by atoms with van der Waals surface area (Å²) in [6, 6.07) is 20.5. The molecule has 16 heteroatoms. The predicted molar refractivity (Wildman–Crippen MR) is 277 cm³/mol. The first-order chi connectivity index (χ1) is 34.8. The summed E-state index contributed by atoms with van der Waals surface area (Å²) < 4.78 is 33.5. The molecule has 0 N–H and O–H groups in total. The van der Waals surface area contributed by atoms with Gasteiger partial charge in [-0.05, 0) is 142 Å². The van der Waals surface area contributed by atoms with E-state index in [0.29, 0.717) is 59.7 Å². The van der Waals surface area contributed by atoms with Crippen molar-refractivity contribution in [3.63, 3.8) is 0 Å². The lowest BCUT2D eigenvalue weighted by Gasteiger charge is -2.40. The Bertz CT molecular complexity index is 2870. The number of fused-ring (bicyclic) bond motifs is 2. The van der Waals surface area contributed by atoms with Gasteiger partial charge in [0.05, 0.1) is 29.4 Å². The number of piperidine rings is 3. The smallest absolute Gasteiger partial charge is 0.264 e. The van der Waals surface area contributed by atoms with Gasteiger partial charge in [-0.15, -0.1) is 0 Å². The first-order valence-corrected chi connectivity index (χ1v) is 26.6. The van der Waals surface area contributed by atoms with Gasteiger partial charge < -0.3 is 29.4 Å². The lowest BCUT2D eigenvalue weighted by molar-refractivity contribution is -0.129. The second-order valence-corrected chi connectivity index (χ2v) is 22.1. The SMILES string of the molecule is CC(=O)N1CCc2c(c(N3CCCc4cc(-c5cnn(C)c5)c(C(F)F)cc43)nn2C2CCN(CC3CCN(C(=O)c4ccc(N5CCC6(CC5)C[C@H](C)N(c5ccc(C#N)c(Cl)c5)C6)cc4)CC3)CC2)C1. The number of halogens is 3. The molecule has 8 heterocycles. The highest BCUT2D eigenvalue weighted by Gasteiger charge is 2.44. The molecule has 3 aromatic carbocycles. The number of nitrogens with zero attached hydrogens (tertiary/aromatic N) is 11. The molecule has 378 valence electrons. The second kappa shape index (κ2) is 19.8. The van der Waals surface area contributed by atoms with Crippen molar-refractivity contribution >= 4 is 46.3 Å². The van der Waals surface area contributed by atoms with Crippen LogP contribution in [0.2, 0.25) is 5.02 Å². The molecule has 0 radical (unpaired) electrons. The first-order valence-electron chi connectivity index (χ1n) is 26.2. The van der Waals surface area contributed by atoms with Gasteiger partial charge in [0.25, 0.3) is 12.3 Å². The average molecular weight is 999 g/mol. The lowest BCUT2D eigenvalue weighted by atomic mass is 9.76. The molecular weight excluding hydrogens is 932 g/mol. The van der Waals surface area contributed by atoms with E-state index in [-0.39, 0.29) is 28.8 Å². The van der Waals surface area contributed by atoms with Crippen LogP contribution in [0, 0.1) is 22.7 Å². The monoisotopic (exact) mass is 998 g/mol. The van der Waals surface area contributed by atoms with Gasteiger partial charge in [-0.25, -0.2) is 8.78 Å². The van der Waals surface area contributed by atoms with Gasteiger partial charge in [0.1, 0.15) is 6.07 Å². The van der Waals surface area contributed by atoms with Gasteiger partial charge >= 0.3 is 0 Å². The molecule has 0 aliphatic carbocycles. The number of hydrogen-bond acceptors (Lipinski definition) is 9. The molecule has 11 rings (SSSR count). The quantitative estimate of drug-likeness (QED) is 0.143. The summed E-state index contributed by atoms with van der Waals surface area (Å²) in [4.78, 5) is 40.1. The minimum atomic E-state index is -2.66. The molecule has 0 saturated carbocycles. The van der Waals surface area contributed by atoms with E-state index in [4.69, 9.17) is 16.7 Å². The van der Waals surface area contributed by atoms with Crippen molar-refractivity contribution in [2.45, 2.75) is 103 Å². The minimum Gasteiger partial charge on any atom is -0.371 e. The van der Waals surface area contributed by atoms with Crippen LogP contribution in [0.5, 0.6) is 0 Å². The van der Waals surface area contributed by atoms with Crippen molar-refractivity contribution in [3.8, 4) is 17.2 Å². The molecule has 4 saturated heterocycles. The van der Waals surface area contributed by atoms with Gasteiger partial charge in [-0.1, -0.05) is 11.6 Å². The minimum absolute atomic E-state index is 0.00820. The Kier molecular flexibility index (Phi) is 13.3. The van der Waals surface area contributed by atoms with Crippen molar-refractivity contribution in [1.82, 2.24) is 34.3 Å². The third kappa shape index (κ3) is 9.34. The zero-order valence-corrected chi connectivity index (χ0v) is 42.6. The number of carbonyl (C=O) groups is 2. The Morgan fingerprint density at radius 3 is 2.33 bits per heavy atom. The van der Waals surface area contributed by atoms with Crippen molar-refractivity contribution in [2.24, 2.45) is 18.4 Å². The van der Waals surface area contributed by atoms with Crippen LogP contribution in [-0.4, -0.2) is 118 Å². The highest BCUT2D eigenvalue weighted by Crippen LogP contribution is 2.47. The maximum atomic E-state index is 14.8. The summed E-state index contributed by atoms with van der Waals surface area (Å²) in [5.74, 6) is 1.47. The number of anilines is 4. The van der Waals surface area contributed by atoms with E-state index >= 15 is 0 Å². The fourth-order valence-electron chi connectivity index (χ4n) is 13.1. The Morgan fingerprint density at radius 1 is 0.903 bits per heavy atom. The first kappa shape index (κ1) is 48.3. The van der Waals surface area contributed by atoms with Crippen LogP contribution in [0.3, 0.4) is 0 Å². The van der Waals surface area contributed by atoms with Crippen LogP contribution in [0.4, 0.5) is 31.7 Å². The van der Waals surface area contributed by atoms with E-state index in [0.717, 1.165) is 144 Å². The number of hydrogen-bond donors (Lipinski definition) is 0. The summed E-state index contributed by atoms with van der Waals surface area (Å²) in [6.07, 6.45) is 10.4. The topological polar surface area (TPSA) is 113 Å². The number of likely N-dealkylation sites (tertiary alicyclic amines) is 2. The highest BCUT2D eigenvalue weighted by atomic mass is 35.5. The molecule has 72 heavy (non-hydrogen) atoms. The molecule has 4 fully saturated rings. The van der Waals surface area contributed by atoms with Crippen molar-refractivity contribution in [2.75, 3.05) is 80.1 Å². The standard InChI is InChI=1S/C56H66ClF2N11O2/c1-37-30-56(36-69(37)46-11-8-42(31-60)50(57)28-46)17-25-65(26-18-56)44-9-6-40(7-10-44)55(72)66-22-12-39(13-23-66)33-64-20-14-45(15-21-64)70-51-16-24-67(38(2)71)35-49(51)54(62-70)68-19-4-5-41-27-47(43-32-61-63(3)34-43)48(53(58)59)29-52(41)68/h6-11,27-29,32,34,37,39,45,53H,4-5,12-26,30,33,35-36H2,1-3H3/t37-/m0/s1. The number of amides is 2. The Morgan fingerprint density at radius 2 is 1.65 bits per heavy atom. The summed E-state index contributed by atoms with van der Waals surface area (Å²) in [5.41, 5.74) is 8.98. The maximum Gasteiger partial charge on any atom is 0.264 e. The van der Waals surface area contributed by atoms with Crippen LogP contribution in [-0.2, 0) is 31.2 Å². The van der Waals surface area contributed by atoms with Gasteiger partial charge in [-0.3, -0.25) is 19.0 Å². The number of aryl methyl sites for hydroxylation is 2. The molecule has 13 nitrogen and oxygen atoms in total. The van der Waals surface area contributed by atoms with Crippen LogP contribution in [0.1, 0.15) is 116 Å². The van der Waals surface area contributed by atoms with E-state index in [1.807, 2.05) is 46.2 Å². The Balaban J connectivity index is 0.685. The van der Waals surface area contributed by atoms with Crippen LogP contribution in [0.25, 0.3) is 11.1 Å². The molecule has 2 amide bonds. The molecular formula is C56H66ClF2N11O2. The normalized spacial score (nSPS) is 20.9. The number of aromatic nitrogens is 4. The average Bonchev–Trinajstić information content (AvgIpc) is 4.10. The van der Waals surface area contributed by atoms with Crippen LogP contribution >= 0.6 is 11.6 Å². The highest BCUT2D eigenvalue weighted by molar-refractivity contribution is 6.32. The van der Waals surface area contributed by atoms with Gasteiger partial charge in [0, 0.05) is 143 Å². The molecule has 0 unspecified atom stereocenters. The van der Waals surface area contributed by atoms with Crippen molar-refractivity contribution in [1.29, 1.82) is 5.26 Å². The number of carbonyl (C=O) groups excluding carboxylic acids is 2. The van der Waals surface area contributed by atoms with Crippen LogP contribution < -0.4 is 14.7 Å². The largest absolute Gasteiger partial charge is 0.371 e. The summed E-state index contributed by atoms with van der Waals surface area (Å²) >= 11 is 6.41. The predicted octanol–water partition coefficient (Wildman–Crippen LogP) is 9.81. The third-order valence-electron chi connectivity index (χ3n) is 17.2. The van der Waals surface area contributed by atoms with E-state index in [9.17, 15) is 23.6 Å². The molecule has 1 spiro atoms. The fraction of sp³-hybridized carbons (Fsp3) is 0.518. The zero-order valence-electron chi connectivity index (χ0n) is 41.9. The number of nitriles is 1. The lowest BCUT2D eigenvalue weighted by Crippen LogP contribution is -2.43. The molecule has 0 bridgehead atoms. The number of alkyl halides is 2. The fourth-order valence-corrected chi connectivity index (χ4v) is 13.4. The molecule has 6 aliphatic rings. The second-order valence-electron chi connectivity index (χ2n) is 21.7. The van der Waals surface area contributed by atoms with Gasteiger partial charge in [0.15, 0.2) is 5.82 Å². The van der Waals surface area contributed by atoms with Crippen molar-refractivity contribution < 1.29 is 18.4 Å². The Hall–Kier alpha value is -5.98. The molecule has 1 atom stereocenters. The van der Waals surface area contributed by atoms with E-state index in [2.05, 4.69) is 54.5 Å². The zero-order chi connectivity index (χ0) is 49.8. The van der Waals surface area contributed by atoms with Crippen molar-refractivity contribution in [3.05, 3.63) is 106 Å². The molecule has 5 aromatic rings. The number of rotatable bonds is 9. The summed E-state index contributed by atoms with van der Waals surface area (Å²) in [6.45, 7) is 13.1. The molecule has 6 aliphatic heterocycles. The summed E-state index contributed by atoms with van der Waals surface area (Å²) in [5, 5.41) is 19.5. The van der Waals surface area contributed by atoms with E-state index in [1.165, 1.54) is 11.4 Å². The molecule has 2 aromatic heterocycles. The maximum absolute atomic E-state index is 14.8. The summed E-state index contributed by atoms with van der Waals surface area (Å²) in [7, 11) is 1.79. The third-order valence-corrected chi connectivity index (χ3v) is 17.5. The Labute approximate surface area is 426 Å². The van der Waals surface area contributed by atoms with Gasteiger partial charge in [0.2, 0.25) is 5.91 Å². The van der Waals surface area contributed by atoms with E-state index in [1.54, 1.807) is 37.1 Å². The van der Waals surface area contributed by atoms with Crippen LogP contribution in [0.15, 0.2) is 67.0 Å². The van der Waals surface area contributed by atoms with E-state index < -0.39 is 6.43 Å².